The molecule has 1 aliphatic heterocycles. The number of rotatable bonds is 2. The third-order valence-corrected chi connectivity index (χ3v) is 4.71. The Balaban J connectivity index is 1.55. The van der Waals surface area contributed by atoms with E-state index in [1.54, 1.807) is 0 Å². The second-order valence-electron chi connectivity index (χ2n) is 4.86. The molecule has 2 saturated carbocycles. The van der Waals surface area contributed by atoms with E-state index in [1.165, 1.54) is 25.8 Å². The van der Waals surface area contributed by atoms with Crippen LogP contribution in [0.25, 0.3) is 0 Å². The summed E-state index contributed by atoms with van der Waals surface area (Å²) in [5.74, 6) is 1.57. The SMILES string of the molecule is ClC1(Cl)CC1CN1CCCC2CC21. The third kappa shape index (κ3) is 1.60. The van der Waals surface area contributed by atoms with Crippen molar-refractivity contribution in [1.82, 2.24) is 4.90 Å². The van der Waals surface area contributed by atoms with Gasteiger partial charge in [0.2, 0.25) is 0 Å². The molecule has 74 valence electrons. The summed E-state index contributed by atoms with van der Waals surface area (Å²) in [5, 5.41) is 0. The van der Waals surface area contributed by atoms with Crippen molar-refractivity contribution in [3.05, 3.63) is 0 Å². The van der Waals surface area contributed by atoms with Crippen molar-refractivity contribution in [3.8, 4) is 0 Å². The molecule has 3 rings (SSSR count). The maximum absolute atomic E-state index is 6.03. The number of hydrogen-bond acceptors (Lipinski definition) is 1. The van der Waals surface area contributed by atoms with Gasteiger partial charge in [0.25, 0.3) is 0 Å². The van der Waals surface area contributed by atoms with Crippen LogP contribution in [0.2, 0.25) is 0 Å². The largest absolute Gasteiger partial charge is 0.300 e. The van der Waals surface area contributed by atoms with Crippen LogP contribution < -0.4 is 0 Å². The summed E-state index contributed by atoms with van der Waals surface area (Å²) < 4.78 is -0.373. The summed E-state index contributed by atoms with van der Waals surface area (Å²) in [6, 6.07) is 0.901. The van der Waals surface area contributed by atoms with E-state index in [0.29, 0.717) is 5.92 Å². The maximum Gasteiger partial charge on any atom is 0.122 e. The standard InChI is InChI=1S/C10H15Cl2N/c11-10(12)5-8(10)6-13-3-1-2-7-4-9(7)13/h7-9H,1-6H2. The zero-order chi connectivity index (χ0) is 9.05. The van der Waals surface area contributed by atoms with Crippen molar-refractivity contribution in [1.29, 1.82) is 0 Å². The minimum atomic E-state index is -0.373. The Labute approximate surface area is 89.4 Å². The summed E-state index contributed by atoms with van der Waals surface area (Å²) in [7, 11) is 0. The molecule has 3 aliphatic rings. The van der Waals surface area contributed by atoms with E-state index in [0.717, 1.165) is 24.9 Å². The molecule has 0 spiro atoms. The molecule has 0 N–H and O–H groups in total. The lowest BCUT2D eigenvalue weighted by molar-refractivity contribution is 0.206. The van der Waals surface area contributed by atoms with Gasteiger partial charge in [0.05, 0.1) is 0 Å². The molecule has 0 aromatic rings. The predicted molar refractivity (Wildman–Crippen MR) is 55.2 cm³/mol. The Kier molecular flexibility index (Phi) is 1.88. The number of halogens is 2. The number of likely N-dealkylation sites (tertiary alicyclic amines) is 1. The van der Waals surface area contributed by atoms with E-state index >= 15 is 0 Å². The first-order valence-corrected chi connectivity index (χ1v) is 6.04. The van der Waals surface area contributed by atoms with Crippen molar-refractivity contribution in [2.45, 2.75) is 36.1 Å². The molecular weight excluding hydrogens is 205 g/mol. The minimum Gasteiger partial charge on any atom is -0.300 e. The van der Waals surface area contributed by atoms with Gasteiger partial charge >= 0.3 is 0 Å². The van der Waals surface area contributed by atoms with Crippen molar-refractivity contribution < 1.29 is 0 Å². The van der Waals surface area contributed by atoms with E-state index in [4.69, 9.17) is 23.2 Å². The van der Waals surface area contributed by atoms with Gasteiger partial charge in [-0.15, -0.1) is 23.2 Å². The van der Waals surface area contributed by atoms with Crippen LogP contribution in [0.5, 0.6) is 0 Å². The molecule has 0 radical (unpaired) electrons. The van der Waals surface area contributed by atoms with E-state index in [1.807, 2.05) is 0 Å². The molecule has 3 fully saturated rings. The molecule has 13 heavy (non-hydrogen) atoms. The number of fused-ring (bicyclic) bond motifs is 1. The summed E-state index contributed by atoms with van der Waals surface area (Å²) >= 11 is 12.1. The normalized spacial score (nSPS) is 47.1. The third-order valence-electron chi connectivity index (χ3n) is 3.79. The van der Waals surface area contributed by atoms with E-state index in [-0.39, 0.29) is 4.33 Å². The van der Waals surface area contributed by atoms with Gasteiger partial charge in [0, 0.05) is 18.5 Å². The van der Waals surface area contributed by atoms with Gasteiger partial charge in [-0.2, -0.15) is 0 Å². The number of piperidine rings is 1. The molecule has 1 saturated heterocycles. The monoisotopic (exact) mass is 219 g/mol. The average Bonchev–Trinajstić information content (AvgIpc) is 2.90. The van der Waals surface area contributed by atoms with Crippen LogP contribution in [0.3, 0.4) is 0 Å². The van der Waals surface area contributed by atoms with Gasteiger partial charge in [0.15, 0.2) is 0 Å². The highest BCUT2D eigenvalue weighted by molar-refractivity contribution is 6.50. The fraction of sp³-hybridized carbons (Fsp3) is 1.00. The summed E-state index contributed by atoms with van der Waals surface area (Å²) in [5.41, 5.74) is 0. The zero-order valence-electron chi connectivity index (χ0n) is 7.68. The molecule has 0 amide bonds. The van der Waals surface area contributed by atoms with Crippen molar-refractivity contribution in [3.63, 3.8) is 0 Å². The fourth-order valence-electron chi connectivity index (χ4n) is 2.69. The summed E-state index contributed by atoms with van der Waals surface area (Å²) in [6.45, 7) is 2.43. The lowest BCUT2D eigenvalue weighted by Gasteiger charge is -2.26. The highest BCUT2D eigenvalue weighted by Gasteiger charge is 2.54. The van der Waals surface area contributed by atoms with Crippen molar-refractivity contribution in [2.75, 3.05) is 13.1 Å². The smallest absolute Gasteiger partial charge is 0.122 e. The molecule has 0 aromatic heterocycles. The Bertz CT molecular complexity index is 229. The van der Waals surface area contributed by atoms with E-state index < -0.39 is 0 Å². The molecular formula is C10H15Cl2N. The fourth-order valence-corrected chi connectivity index (χ4v) is 3.20. The molecule has 3 unspecified atom stereocenters. The zero-order valence-corrected chi connectivity index (χ0v) is 9.19. The molecule has 0 aromatic carbocycles. The number of hydrogen-bond donors (Lipinski definition) is 0. The van der Waals surface area contributed by atoms with Crippen molar-refractivity contribution >= 4 is 23.2 Å². The molecule has 3 atom stereocenters. The van der Waals surface area contributed by atoms with Crippen molar-refractivity contribution in [2.24, 2.45) is 11.8 Å². The second-order valence-corrected chi connectivity index (χ2v) is 6.40. The number of alkyl halides is 2. The second kappa shape index (κ2) is 2.77. The Hall–Kier alpha value is 0.540. The Morgan fingerprint density at radius 2 is 2.15 bits per heavy atom. The highest BCUT2D eigenvalue weighted by Crippen LogP contribution is 2.55. The van der Waals surface area contributed by atoms with Gasteiger partial charge in [-0.1, -0.05) is 0 Å². The Morgan fingerprint density at radius 3 is 2.85 bits per heavy atom. The lowest BCUT2D eigenvalue weighted by Crippen LogP contribution is -2.34. The van der Waals surface area contributed by atoms with Crippen LogP contribution in [0.4, 0.5) is 0 Å². The van der Waals surface area contributed by atoms with Crippen LogP contribution in [-0.4, -0.2) is 28.4 Å². The Morgan fingerprint density at radius 1 is 1.38 bits per heavy atom. The molecule has 0 bridgehead atoms. The lowest BCUT2D eigenvalue weighted by atomic mass is 10.1. The first-order valence-electron chi connectivity index (χ1n) is 5.29. The van der Waals surface area contributed by atoms with E-state index in [2.05, 4.69) is 4.90 Å². The molecule has 2 aliphatic carbocycles. The van der Waals surface area contributed by atoms with Gasteiger partial charge in [0.1, 0.15) is 4.33 Å². The predicted octanol–water partition coefficient (Wildman–Crippen LogP) is 2.66. The van der Waals surface area contributed by atoms with Gasteiger partial charge in [-0.3, -0.25) is 4.90 Å². The quantitative estimate of drug-likeness (QED) is 0.646. The van der Waals surface area contributed by atoms with Crippen LogP contribution in [0, 0.1) is 11.8 Å². The van der Waals surface area contributed by atoms with Gasteiger partial charge in [-0.25, -0.2) is 0 Å². The first-order chi connectivity index (χ1) is 6.17. The highest BCUT2D eigenvalue weighted by atomic mass is 35.5. The van der Waals surface area contributed by atoms with Crippen LogP contribution in [-0.2, 0) is 0 Å². The topological polar surface area (TPSA) is 3.24 Å². The van der Waals surface area contributed by atoms with Crippen LogP contribution in [0.15, 0.2) is 0 Å². The first kappa shape index (κ1) is 8.82. The number of nitrogens with zero attached hydrogens (tertiary/aromatic N) is 1. The van der Waals surface area contributed by atoms with Gasteiger partial charge in [-0.05, 0) is 38.1 Å². The van der Waals surface area contributed by atoms with Crippen LogP contribution in [0.1, 0.15) is 25.7 Å². The van der Waals surface area contributed by atoms with Crippen LogP contribution >= 0.6 is 23.2 Å². The average molecular weight is 220 g/mol. The minimum absolute atomic E-state index is 0.373. The molecule has 1 heterocycles. The molecule has 3 heteroatoms. The van der Waals surface area contributed by atoms with E-state index in [9.17, 15) is 0 Å². The summed E-state index contributed by atoms with van der Waals surface area (Å²) in [6.07, 6.45) is 5.28. The maximum atomic E-state index is 6.03. The summed E-state index contributed by atoms with van der Waals surface area (Å²) in [4.78, 5) is 2.62. The van der Waals surface area contributed by atoms with Gasteiger partial charge < -0.3 is 0 Å². The molecule has 1 nitrogen and oxygen atoms in total.